The molecule has 1 saturated heterocycles. The lowest BCUT2D eigenvalue weighted by atomic mass is 9.95. The van der Waals surface area contributed by atoms with Crippen LogP contribution in [0.3, 0.4) is 0 Å². The van der Waals surface area contributed by atoms with E-state index in [1.165, 1.54) is 17.8 Å². The molecule has 16 heteroatoms. The van der Waals surface area contributed by atoms with Crippen molar-refractivity contribution < 1.29 is 46.9 Å². The van der Waals surface area contributed by atoms with Crippen LogP contribution in [0.2, 0.25) is 0 Å². The number of esters is 3. The number of benzene rings is 1. The van der Waals surface area contributed by atoms with Crippen LogP contribution < -0.4 is 15.3 Å². The van der Waals surface area contributed by atoms with Crippen LogP contribution in [0, 0.1) is 11.8 Å². The van der Waals surface area contributed by atoms with E-state index in [0.29, 0.717) is 11.2 Å². The molecule has 48 heavy (non-hydrogen) atoms. The molecule has 0 spiro atoms. The van der Waals surface area contributed by atoms with Crippen LogP contribution in [-0.2, 0) is 42.4 Å². The number of anilines is 1. The maximum atomic E-state index is 14.4. The van der Waals surface area contributed by atoms with Crippen molar-refractivity contribution in [2.45, 2.75) is 90.4 Å². The second-order valence-corrected chi connectivity index (χ2v) is 14.5. The predicted molar refractivity (Wildman–Crippen MR) is 171 cm³/mol. The molecule has 1 saturated carbocycles. The van der Waals surface area contributed by atoms with Crippen molar-refractivity contribution in [2.75, 3.05) is 12.3 Å². The molecule has 1 unspecified atom stereocenters. The zero-order chi connectivity index (χ0) is 34.8. The van der Waals surface area contributed by atoms with Crippen molar-refractivity contribution in [3.8, 4) is 5.75 Å². The molecule has 260 valence electrons. The van der Waals surface area contributed by atoms with E-state index < -0.39 is 74.1 Å². The number of nitrogen functional groups attached to an aromatic ring is 1. The number of nitrogens with one attached hydrogen (secondary N) is 1. The third-order valence-corrected chi connectivity index (χ3v) is 9.46. The third-order valence-electron chi connectivity index (χ3n) is 7.84. The van der Waals surface area contributed by atoms with Gasteiger partial charge in [0.25, 0.3) is 0 Å². The Bertz CT molecular complexity index is 1680. The molecule has 2 aromatic heterocycles. The van der Waals surface area contributed by atoms with E-state index >= 15 is 0 Å². The van der Waals surface area contributed by atoms with Crippen LogP contribution in [0.15, 0.2) is 48.8 Å². The van der Waals surface area contributed by atoms with E-state index in [0.717, 1.165) is 12.8 Å². The fourth-order valence-electron chi connectivity index (χ4n) is 4.98. The van der Waals surface area contributed by atoms with Gasteiger partial charge in [-0.25, -0.2) is 14.1 Å². The number of rotatable bonds is 14. The number of hydrogen-bond donors (Lipinski definition) is 2. The zero-order valence-corrected chi connectivity index (χ0v) is 28.6. The number of nitrogens with two attached hydrogens (primary N) is 1. The summed E-state index contributed by atoms with van der Waals surface area (Å²) in [6, 6.07) is 10.6. The zero-order valence-electron chi connectivity index (χ0n) is 27.7. The molecule has 0 bridgehead atoms. The molecule has 15 nitrogen and oxygen atoms in total. The van der Waals surface area contributed by atoms with Crippen molar-refractivity contribution >= 4 is 37.0 Å². The smallest absolute Gasteiger partial charge is 0.459 e. The lowest BCUT2D eigenvalue weighted by molar-refractivity contribution is -0.175. The summed E-state index contributed by atoms with van der Waals surface area (Å²) in [6.07, 6.45) is -0.887. The van der Waals surface area contributed by atoms with Crippen molar-refractivity contribution in [1.29, 1.82) is 0 Å². The van der Waals surface area contributed by atoms with Gasteiger partial charge in [-0.2, -0.15) is 10.2 Å². The Morgan fingerprint density at radius 2 is 1.67 bits per heavy atom. The van der Waals surface area contributed by atoms with Gasteiger partial charge in [0.15, 0.2) is 18.0 Å². The van der Waals surface area contributed by atoms with Gasteiger partial charge in [0.1, 0.15) is 41.4 Å². The molecule has 1 aliphatic carbocycles. The molecule has 5 rings (SSSR count). The molecule has 3 heterocycles. The summed E-state index contributed by atoms with van der Waals surface area (Å²) < 4.78 is 51.6. The van der Waals surface area contributed by atoms with Crippen LogP contribution in [0.25, 0.3) is 5.52 Å². The lowest BCUT2D eigenvalue weighted by Gasteiger charge is -2.33. The molecule has 1 aromatic carbocycles. The molecule has 6 atom stereocenters. The van der Waals surface area contributed by atoms with Crippen LogP contribution in [0.4, 0.5) is 5.82 Å². The number of carbonyl (C=O) groups excluding carboxylic acids is 3. The number of aromatic nitrogens is 3. The predicted octanol–water partition coefficient (Wildman–Crippen LogP) is 4.16. The van der Waals surface area contributed by atoms with E-state index in [9.17, 15) is 18.9 Å². The second kappa shape index (κ2) is 14.2. The van der Waals surface area contributed by atoms with Gasteiger partial charge in [-0.05, 0) is 51.0 Å². The molecule has 2 aliphatic rings. The molecule has 3 aromatic rings. The van der Waals surface area contributed by atoms with Gasteiger partial charge in [-0.1, -0.05) is 45.9 Å². The maximum absolute atomic E-state index is 14.4. The average molecular weight is 688 g/mol. The van der Waals surface area contributed by atoms with Crippen molar-refractivity contribution in [3.05, 3.63) is 54.5 Å². The van der Waals surface area contributed by atoms with Crippen LogP contribution >= 0.6 is 7.75 Å². The second-order valence-electron chi connectivity index (χ2n) is 12.8. The number of nitrogens with zero attached hydrogens (tertiary/aromatic N) is 3. The summed E-state index contributed by atoms with van der Waals surface area (Å²) in [5, 5.41) is 6.98. The van der Waals surface area contributed by atoms with Crippen molar-refractivity contribution in [3.63, 3.8) is 0 Å². The quantitative estimate of drug-likeness (QED) is 0.139. The van der Waals surface area contributed by atoms with Gasteiger partial charge >= 0.3 is 25.7 Å². The average Bonchev–Trinajstić information content (AvgIpc) is 3.68. The summed E-state index contributed by atoms with van der Waals surface area (Å²) in [5.41, 5.74) is 5.39. The first-order chi connectivity index (χ1) is 22.7. The van der Waals surface area contributed by atoms with Gasteiger partial charge < -0.3 is 29.2 Å². The first-order valence-electron chi connectivity index (χ1n) is 15.8. The normalized spacial score (nSPS) is 24.3. The number of ether oxygens (including phenoxy) is 4. The molecular formula is C32H42N5O10P. The van der Waals surface area contributed by atoms with Gasteiger partial charge in [0, 0.05) is 0 Å². The number of hydrogen-bond acceptors (Lipinski definition) is 13. The SMILES string of the molecule is CC(C)C(=O)O[C@H]1[C@H](c2ccc3c(N)ncnn23)O[C@](C)(COP(=O)(N[C@@H](C)C(=O)OC2CC2)Oc2ccccc2)[C@H]1OC(=O)C(C)C. The lowest BCUT2D eigenvalue weighted by Crippen LogP contribution is -2.49. The Kier molecular flexibility index (Phi) is 10.4. The van der Waals surface area contributed by atoms with Crippen LogP contribution in [0.5, 0.6) is 5.75 Å². The largest absolute Gasteiger partial charge is 0.461 e. The van der Waals surface area contributed by atoms with E-state index in [2.05, 4.69) is 15.2 Å². The Balaban J connectivity index is 1.51. The highest BCUT2D eigenvalue weighted by molar-refractivity contribution is 7.52. The van der Waals surface area contributed by atoms with Gasteiger partial charge in [-0.15, -0.1) is 0 Å². The van der Waals surface area contributed by atoms with Crippen LogP contribution in [0.1, 0.15) is 66.2 Å². The highest BCUT2D eigenvalue weighted by Gasteiger charge is 2.59. The summed E-state index contributed by atoms with van der Waals surface area (Å²) in [5.74, 6) is -2.45. The Morgan fingerprint density at radius 3 is 2.31 bits per heavy atom. The minimum atomic E-state index is -4.36. The number of carbonyl (C=O) groups is 3. The van der Waals surface area contributed by atoms with E-state index in [-0.39, 0.29) is 17.7 Å². The highest BCUT2D eigenvalue weighted by atomic mass is 31.2. The third kappa shape index (κ3) is 7.97. The topological polar surface area (TPSA) is 192 Å². The molecule has 0 radical (unpaired) electrons. The number of para-hydroxylation sites is 1. The van der Waals surface area contributed by atoms with E-state index in [1.54, 1.807) is 77.1 Å². The van der Waals surface area contributed by atoms with Crippen molar-refractivity contribution in [2.24, 2.45) is 11.8 Å². The molecule has 3 N–H and O–H groups in total. The number of fused-ring (bicyclic) bond motifs is 1. The fraction of sp³-hybridized carbons (Fsp3) is 0.531. The molecular weight excluding hydrogens is 645 g/mol. The summed E-state index contributed by atoms with van der Waals surface area (Å²) >= 11 is 0. The molecule has 0 amide bonds. The monoisotopic (exact) mass is 687 g/mol. The first kappa shape index (κ1) is 35.3. The minimum Gasteiger partial charge on any atom is -0.461 e. The summed E-state index contributed by atoms with van der Waals surface area (Å²) in [7, 11) is -4.36. The van der Waals surface area contributed by atoms with Gasteiger partial charge in [-0.3, -0.25) is 18.9 Å². The van der Waals surface area contributed by atoms with E-state index in [1.807, 2.05) is 0 Å². The maximum Gasteiger partial charge on any atom is 0.459 e. The first-order valence-corrected chi connectivity index (χ1v) is 17.4. The van der Waals surface area contributed by atoms with E-state index in [4.69, 9.17) is 33.7 Å². The van der Waals surface area contributed by atoms with Gasteiger partial charge in [0.2, 0.25) is 0 Å². The standard InChI is InChI=1S/C32H42N5O10P/c1-18(2)29(38)44-26-25(23-14-15-24-28(33)34-17-35-37(23)24)46-32(6,27(26)45-30(39)19(3)4)16-42-48(41,47-22-10-8-7-9-11-22)36-20(5)31(40)43-21-12-13-21/h7-11,14-15,17-21,25-27H,12-13,16H2,1-6H3,(H,36,41)(H2,33,34,35)/t20-,25-,26-,27-,32+,48?/m0/s1. The highest BCUT2D eigenvalue weighted by Crippen LogP contribution is 2.50. The Hall–Kier alpha value is -4.04. The summed E-state index contributed by atoms with van der Waals surface area (Å²) in [4.78, 5) is 42.9. The molecule has 1 aliphatic heterocycles. The minimum absolute atomic E-state index is 0.174. The Morgan fingerprint density at radius 1 is 1.00 bits per heavy atom. The van der Waals surface area contributed by atoms with Gasteiger partial charge in [0.05, 0.1) is 24.1 Å². The molecule has 2 fully saturated rings. The summed E-state index contributed by atoms with van der Waals surface area (Å²) in [6.45, 7) is 9.22. The fourth-order valence-corrected chi connectivity index (χ4v) is 6.56. The van der Waals surface area contributed by atoms with Crippen molar-refractivity contribution in [1.82, 2.24) is 19.7 Å². The Labute approximate surface area is 278 Å². The van der Waals surface area contributed by atoms with Crippen LogP contribution in [-0.4, -0.2) is 69.1 Å².